The highest BCUT2D eigenvalue weighted by atomic mass is 79.9. The van der Waals surface area contributed by atoms with Crippen LogP contribution in [-0.2, 0) is 6.42 Å². The Kier molecular flexibility index (Phi) is 4.02. The second kappa shape index (κ2) is 5.36. The lowest BCUT2D eigenvalue weighted by Crippen LogP contribution is -2.15. The molecule has 0 saturated carbocycles. The van der Waals surface area contributed by atoms with Gasteiger partial charge in [-0.15, -0.1) is 0 Å². The number of aryl methyl sites for hydroxylation is 1. The molecular formula is C13H15BrN2OS. The van der Waals surface area contributed by atoms with Crippen LogP contribution in [0.3, 0.4) is 0 Å². The van der Waals surface area contributed by atoms with Crippen LogP contribution in [0.15, 0.2) is 20.0 Å². The minimum Gasteiger partial charge on any atom is -0.306 e. The number of H-pyrrole nitrogens is 1. The molecule has 0 fully saturated rings. The van der Waals surface area contributed by atoms with Crippen molar-refractivity contribution >= 4 is 27.3 Å². The van der Waals surface area contributed by atoms with Crippen LogP contribution in [0.2, 0.25) is 0 Å². The van der Waals surface area contributed by atoms with Crippen LogP contribution in [0, 0.1) is 12.8 Å². The third-order valence-corrected chi connectivity index (χ3v) is 4.32. The molecule has 2 heterocycles. The van der Waals surface area contributed by atoms with Crippen molar-refractivity contribution in [2.75, 3.05) is 0 Å². The van der Waals surface area contributed by atoms with Crippen molar-refractivity contribution in [3.63, 3.8) is 0 Å². The van der Waals surface area contributed by atoms with Crippen molar-refractivity contribution in [2.24, 2.45) is 5.92 Å². The van der Waals surface area contributed by atoms with Crippen molar-refractivity contribution in [2.45, 2.75) is 27.2 Å². The molecule has 3 nitrogen and oxygen atoms in total. The van der Waals surface area contributed by atoms with E-state index < -0.39 is 0 Å². The van der Waals surface area contributed by atoms with Crippen LogP contribution in [-0.4, -0.2) is 9.97 Å². The van der Waals surface area contributed by atoms with Crippen LogP contribution >= 0.6 is 27.3 Å². The number of hydrogen-bond donors (Lipinski definition) is 1. The largest absolute Gasteiger partial charge is 0.306 e. The average molecular weight is 327 g/mol. The molecule has 0 aromatic carbocycles. The van der Waals surface area contributed by atoms with Gasteiger partial charge in [-0.1, -0.05) is 13.8 Å². The molecule has 0 unspecified atom stereocenters. The molecule has 0 atom stereocenters. The standard InChI is InChI=1S/C13H15BrN2OS/c1-7(2)4-10-11(14)13(17)16-12(15-10)9-6-18-5-8(9)3/h5-7H,4H2,1-3H3,(H,15,16,17). The van der Waals surface area contributed by atoms with E-state index in [-0.39, 0.29) is 5.56 Å². The van der Waals surface area contributed by atoms with Crippen molar-refractivity contribution in [3.8, 4) is 11.4 Å². The molecule has 18 heavy (non-hydrogen) atoms. The van der Waals surface area contributed by atoms with Gasteiger partial charge in [0.1, 0.15) is 10.3 Å². The highest BCUT2D eigenvalue weighted by Gasteiger charge is 2.13. The van der Waals surface area contributed by atoms with Gasteiger partial charge in [0.15, 0.2) is 0 Å². The van der Waals surface area contributed by atoms with E-state index in [2.05, 4.69) is 45.1 Å². The summed E-state index contributed by atoms with van der Waals surface area (Å²) in [7, 11) is 0. The number of thiophene rings is 1. The minimum absolute atomic E-state index is 0.110. The molecular weight excluding hydrogens is 312 g/mol. The third kappa shape index (κ3) is 2.72. The van der Waals surface area contributed by atoms with Crippen molar-refractivity contribution in [3.05, 3.63) is 36.8 Å². The molecule has 0 spiro atoms. The monoisotopic (exact) mass is 326 g/mol. The Morgan fingerprint density at radius 1 is 1.44 bits per heavy atom. The SMILES string of the molecule is Cc1cscc1-c1nc(CC(C)C)c(Br)c(=O)[nH]1. The van der Waals surface area contributed by atoms with Gasteiger partial charge in [-0.25, -0.2) is 4.98 Å². The topological polar surface area (TPSA) is 45.8 Å². The number of nitrogens with zero attached hydrogens (tertiary/aromatic N) is 1. The van der Waals surface area contributed by atoms with Crippen LogP contribution in [0.5, 0.6) is 0 Å². The van der Waals surface area contributed by atoms with E-state index >= 15 is 0 Å². The molecule has 0 saturated heterocycles. The highest BCUT2D eigenvalue weighted by molar-refractivity contribution is 9.10. The maximum absolute atomic E-state index is 11.9. The van der Waals surface area contributed by atoms with Gasteiger partial charge < -0.3 is 4.98 Å². The van der Waals surface area contributed by atoms with E-state index in [0.717, 1.165) is 23.2 Å². The van der Waals surface area contributed by atoms with E-state index in [1.165, 1.54) is 0 Å². The second-order valence-corrected chi connectivity index (χ2v) is 6.28. The number of aromatic amines is 1. The summed E-state index contributed by atoms with van der Waals surface area (Å²) < 4.78 is 0.549. The van der Waals surface area contributed by atoms with E-state index in [1.807, 2.05) is 12.3 Å². The molecule has 2 aromatic rings. The Morgan fingerprint density at radius 3 is 2.72 bits per heavy atom. The van der Waals surface area contributed by atoms with Gasteiger partial charge in [-0.05, 0) is 46.1 Å². The fourth-order valence-corrected chi connectivity index (χ4v) is 2.94. The fraction of sp³-hybridized carbons (Fsp3) is 0.385. The quantitative estimate of drug-likeness (QED) is 0.933. The summed E-state index contributed by atoms with van der Waals surface area (Å²) in [4.78, 5) is 19.3. The zero-order valence-corrected chi connectivity index (χ0v) is 13.0. The normalized spacial score (nSPS) is 11.2. The van der Waals surface area contributed by atoms with Gasteiger partial charge in [0.05, 0.1) is 5.69 Å². The lowest BCUT2D eigenvalue weighted by atomic mass is 10.1. The third-order valence-electron chi connectivity index (χ3n) is 2.64. The summed E-state index contributed by atoms with van der Waals surface area (Å²) in [6, 6.07) is 0. The summed E-state index contributed by atoms with van der Waals surface area (Å²) in [5.41, 5.74) is 2.87. The van der Waals surface area contributed by atoms with Crippen LogP contribution in [0.1, 0.15) is 25.1 Å². The van der Waals surface area contributed by atoms with E-state index in [0.29, 0.717) is 16.2 Å². The summed E-state index contributed by atoms with van der Waals surface area (Å²) in [5, 5.41) is 4.07. The smallest absolute Gasteiger partial charge is 0.265 e. The molecule has 0 aliphatic carbocycles. The summed E-state index contributed by atoms with van der Waals surface area (Å²) in [5.74, 6) is 1.13. The van der Waals surface area contributed by atoms with Gasteiger partial charge in [0.25, 0.3) is 5.56 Å². The Hall–Kier alpha value is -0.940. The van der Waals surface area contributed by atoms with Gasteiger partial charge >= 0.3 is 0 Å². The Morgan fingerprint density at radius 2 is 2.17 bits per heavy atom. The Bertz CT molecular complexity index is 616. The highest BCUT2D eigenvalue weighted by Crippen LogP contribution is 2.24. The maximum Gasteiger partial charge on any atom is 0.265 e. The van der Waals surface area contributed by atoms with Gasteiger partial charge in [0.2, 0.25) is 0 Å². The number of aromatic nitrogens is 2. The zero-order chi connectivity index (χ0) is 13.3. The summed E-state index contributed by atoms with van der Waals surface area (Å²) >= 11 is 4.94. The van der Waals surface area contributed by atoms with Gasteiger partial charge in [-0.2, -0.15) is 11.3 Å². The van der Waals surface area contributed by atoms with Crippen LogP contribution in [0.4, 0.5) is 0 Å². The van der Waals surface area contributed by atoms with Gasteiger partial charge in [-0.3, -0.25) is 4.79 Å². The second-order valence-electron chi connectivity index (χ2n) is 4.74. The zero-order valence-electron chi connectivity index (χ0n) is 10.6. The molecule has 1 N–H and O–H groups in total. The predicted octanol–water partition coefficient (Wildman–Crippen LogP) is 3.77. The number of rotatable bonds is 3. The van der Waals surface area contributed by atoms with E-state index in [4.69, 9.17) is 0 Å². The first-order chi connectivity index (χ1) is 8.49. The molecule has 0 aliphatic heterocycles. The first kappa shape index (κ1) is 13.5. The fourth-order valence-electron chi connectivity index (χ4n) is 1.76. The van der Waals surface area contributed by atoms with Crippen molar-refractivity contribution < 1.29 is 0 Å². The maximum atomic E-state index is 11.9. The number of hydrogen-bond acceptors (Lipinski definition) is 3. The molecule has 2 rings (SSSR count). The Balaban J connectivity index is 2.54. The first-order valence-electron chi connectivity index (χ1n) is 5.81. The number of nitrogens with one attached hydrogen (secondary N) is 1. The van der Waals surface area contributed by atoms with Gasteiger partial charge in [0, 0.05) is 10.9 Å². The molecule has 0 aliphatic rings. The minimum atomic E-state index is -0.110. The molecule has 0 radical (unpaired) electrons. The molecule has 2 aromatic heterocycles. The molecule has 0 bridgehead atoms. The van der Waals surface area contributed by atoms with Crippen molar-refractivity contribution in [1.29, 1.82) is 0 Å². The molecule has 96 valence electrons. The predicted molar refractivity (Wildman–Crippen MR) is 79.1 cm³/mol. The van der Waals surface area contributed by atoms with Crippen molar-refractivity contribution in [1.82, 2.24) is 9.97 Å². The Labute approximate surface area is 118 Å². The van der Waals surface area contributed by atoms with E-state index in [9.17, 15) is 4.79 Å². The summed E-state index contributed by atoms with van der Waals surface area (Å²) in [6.07, 6.45) is 0.792. The average Bonchev–Trinajstić information content (AvgIpc) is 2.70. The first-order valence-corrected chi connectivity index (χ1v) is 7.54. The lowest BCUT2D eigenvalue weighted by molar-refractivity contribution is 0.631. The lowest BCUT2D eigenvalue weighted by Gasteiger charge is -2.08. The number of halogens is 1. The van der Waals surface area contributed by atoms with E-state index in [1.54, 1.807) is 11.3 Å². The summed E-state index contributed by atoms with van der Waals surface area (Å²) in [6.45, 7) is 6.26. The molecule has 5 heteroatoms. The molecule has 0 amide bonds. The van der Waals surface area contributed by atoms with Crippen LogP contribution in [0.25, 0.3) is 11.4 Å². The van der Waals surface area contributed by atoms with Crippen LogP contribution < -0.4 is 5.56 Å².